The topological polar surface area (TPSA) is 88.8 Å². The first-order chi connectivity index (χ1) is 15.2. The molecule has 0 atom stereocenters. The van der Waals surface area contributed by atoms with Crippen LogP contribution in [-0.2, 0) is 6.54 Å². The standard InChI is InChI=1S/C22H23BrN6O2/c23-16-3-1-2-4-17(16)27-21-20(24)22(26-13-25-21)29-9-7-28(8-10-29)12-15-5-6-18-19(11-15)31-14-30-18/h1-6,11,13H,7-10,12,14,24H2,(H,25,26,27). The minimum atomic E-state index is 0.301. The number of benzene rings is 2. The number of nitrogens with zero attached hydrogens (tertiary/aromatic N) is 4. The zero-order valence-corrected chi connectivity index (χ0v) is 18.5. The van der Waals surface area contributed by atoms with Crippen LogP contribution in [0, 0.1) is 0 Å². The van der Waals surface area contributed by atoms with Gasteiger partial charge in [-0.25, -0.2) is 9.97 Å². The third-order valence-corrected chi connectivity index (χ3v) is 6.20. The Bertz CT molecular complexity index is 1090. The van der Waals surface area contributed by atoms with E-state index < -0.39 is 0 Å². The summed E-state index contributed by atoms with van der Waals surface area (Å²) in [6.45, 7) is 4.71. The lowest BCUT2D eigenvalue weighted by atomic mass is 10.1. The van der Waals surface area contributed by atoms with Gasteiger partial charge in [-0.15, -0.1) is 0 Å². The van der Waals surface area contributed by atoms with E-state index in [9.17, 15) is 0 Å². The van der Waals surface area contributed by atoms with E-state index in [2.05, 4.69) is 53.1 Å². The third-order valence-electron chi connectivity index (χ3n) is 5.50. The highest BCUT2D eigenvalue weighted by Crippen LogP contribution is 2.34. The second-order valence-corrected chi connectivity index (χ2v) is 8.37. The van der Waals surface area contributed by atoms with E-state index >= 15 is 0 Å². The first-order valence-corrected chi connectivity index (χ1v) is 10.9. The normalized spacial score (nSPS) is 15.8. The minimum absolute atomic E-state index is 0.301. The molecule has 0 saturated carbocycles. The first kappa shape index (κ1) is 19.9. The van der Waals surface area contributed by atoms with Crippen molar-refractivity contribution in [3.8, 4) is 11.5 Å². The minimum Gasteiger partial charge on any atom is -0.454 e. The van der Waals surface area contributed by atoms with Gasteiger partial charge >= 0.3 is 0 Å². The van der Waals surface area contributed by atoms with Crippen LogP contribution >= 0.6 is 15.9 Å². The summed E-state index contributed by atoms with van der Waals surface area (Å²) >= 11 is 3.55. The van der Waals surface area contributed by atoms with Crippen LogP contribution in [0.5, 0.6) is 11.5 Å². The Labute approximate surface area is 189 Å². The largest absolute Gasteiger partial charge is 0.454 e. The van der Waals surface area contributed by atoms with Gasteiger partial charge in [0.1, 0.15) is 12.0 Å². The van der Waals surface area contributed by atoms with Crippen LogP contribution in [0.3, 0.4) is 0 Å². The lowest BCUT2D eigenvalue weighted by molar-refractivity contribution is 0.174. The molecule has 1 saturated heterocycles. The van der Waals surface area contributed by atoms with Crippen LogP contribution in [0.15, 0.2) is 53.3 Å². The van der Waals surface area contributed by atoms with Crippen molar-refractivity contribution in [2.45, 2.75) is 6.54 Å². The van der Waals surface area contributed by atoms with Crippen LogP contribution < -0.4 is 25.4 Å². The van der Waals surface area contributed by atoms with Gasteiger partial charge < -0.3 is 25.4 Å². The molecule has 0 amide bonds. The molecule has 0 radical (unpaired) electrons. The monoisotopic (exact) mass is 482 g/mol. The van der Waals surface area contributed by atoms with Gasteiger partial charge in [0, 0.05) is 37.2 Å². The van der Waals surface area contributed by atoms with Crippen molar-refractivity contribution < 1.29 is 9.47 Å². The molecule has 2 aromatic carbocycles. The number of piperazine rings is 1. The van der Waals surface area contributed by atoms with Crippen molar-refractivity contribution >= 4 is 38.9 Å². The van der Waals surface area contributed by atoms with Crippen molar-refractivity contribution in [1.29, 1.82) is 0 Å². The molecule has 0 spiro atoms. The van der Waals surface area contributed by atoms with E-state index in [0.29, 0.717) is 18.3 Å². The maximum atomic E-state index is 6.44. The second-order valence-electron chi connectivity index (χ2n) is 7.52. The quantitative estimate of drug-likeness (QED) is 0.569. The van der Waals surface area contributed by atoms with E-state index in [0.717, 1.165) is 60.2 Å². The van der Waals surface area contributed by atoms with Gasteiger partial charge in [0.2, 0.25) is 6.79 Å². The van der Waals surface area contributed by atoms with E-state index in [-0.39, 0.29) is 0 Å². The maximum Gasteiger partial charge on any atom is 0.231 e. The van der Waals surface area contributed by atoms with Crippen molar-refractivity contribution in [1.82, 2.24) is 14.9 Å². The zero-order chi connectivity index (χ0) is 21.2. The Morgan fingerprint density at radius 2 is 1.81 bits per heavy atom. The van der Waals surface area contributed by atoms with Gasteiger partial charge in [0.15, 0.2) is 23.1 Å². The second kappa shape index (κ2) is 8.60. The summed E-state index contributed by atoms with van der Waals surface area (Å²) in [5.74, 6) is 3.03. The first-order valence-electron chi connectivity index (χ1n) is 10.2. The van der Waals surface area contributed by atoms with Crippen LogP contribution in [0.2, 0.25) is 0 Å². The summed E-state index contributed by atoms with van der Waals surface area (Å²) in [4.78, 5) is 13.4. The highest BCUT2D eigenvalue weighted by molar-refractivity contribution is 9.10. The van der Waals surface area contributed by atoms with Crippen molar-refractivity contribution in [3.63, 3.8) is 0 Å². The average molecular weight is 483 g/mol. The summed E-state index contributed by atoms with van der Waals surface area (Å²) in [6, 6.07) is 14.0. The number of rotatable bonds is 5. The van der Waals surface area contributed by atoms with E-state index in [1.807, 2.05) is 30.3 Å². The predicted molar refractivity (Wildman–Crippen MR) is 124 cm³/mol. The molecule has 1 aromatic heterocycles. The van der Waals surface area contributed by atoms with Gasteiger partial charge in [-0.3, -0.25) is 4.90 Å². The van der Waals surface area contributed by atoms with Crippen molar-refractivity contribution in [2.24, 2.45) is 0 Å². The fraction of sp³-hybridized carbons (Fsp3) is 0.273. The van der Waals surface area contributed by atoms with Crippen molar-refractivity contribution in [3.05, 3.63) is 58.8 Å². The molecule has 0 unspecified atom stereocenters. The van der Waals surface area contributed by atoms with Gasteiger partial charge in [0.05, 0.1) is 5.69 Å². The van der Waals surface area contributed by atoms with E-state index in [1.165, 1.54) is 5.56 Å². The summed E-state index contributed by atoms with van der Waals surface area (Å²) in [5.41, 5.74) is 9.13. The number of nitrogens with two attached hydrogens (primary N) is 1. The van der Waals surface area contributed by atoms with Gasteiger partial charge in [-0.1, -0.05) is 18.2 Å². The number of anilines is 4. The molecule has 0 aliphatic carbocycles. The van der Waals surface area contributed by atoms with Gasteiger partial charge in [-0.05, 0) is 45.8 Å². The highest BCUT2D eigenvalue weighted by atomic mass is 79.9. The molecule has 2 aliphatic heterocycles. The Kier molecular flexibility index (Phi) is 5.52. The molecule has 5 rings (SSSR count). The fourth-order valence-electron chi connectivity index (χ4n) is 3.84. The predicted octanol–water partition coefficient (Wildman–Crippen LogP) is 3.62. The number of aromatic nitrogens is 2. The van der Waals surface area contributed by atoms with Crippen LogP contribution in [0.25, 0.3) is 0 Å². The van der Waals surface area contributed by atoms with Crippen LogP contribution in [-0.4, -0.2) is 47.8 Å². The lowest BCUT2D eigenvalue weighted by Crippen LogP contribution is -2.46. The van der Waals surface area contributed by atoms with Gasteiger partial charge in [-0.2, -0.15) is 0 Å². The number of fused-ring (bicyclic) bond motifs is 1. The molecule has 9 heteroatoms. The number of halogens is 1. The Morgan fingerprint density at radius 3 is 2.65 bits per heavy atom. The third kappa shape index (κ3) is 4.24. The molecule has 8 nitrogen and oxygen atoms in total. The number of hydrogen-bond donors (Lipinski definition) is 2. The molecule has 1 fully saturated rings. The van der Waals surface area contributed by atoms with Crippen molar-refractivity contribution in [2.75, 3.05) is 48.9 Å². The highest BCUT2D eigenvalue weighted by Gasteiger charge is 2.22. The number of para-hydroxylation sites is 1. The van der Waals surface area contributed by atoms with Crippen LogP contribution in [0.1, 0.15) is 5.56 Å². The fourth-order valence-corrected chi connectivity index (χ4v) is 4.23. The Hall–Kier alpha value is -3.04. The molecule has 160 valence electrons. The SMILES string of the molecule is Nc1c(Nc2ccccc2Br)ncnc1N1CCN(Cc2ccc3c(c2)OCO3)CC1. The van der Waals surface area contributed by atoms with Gasteiger partial charge in [0.25, 0.3) is 0 Å². The van der Waals surface area contributed by atoms with Crippen LogP contribution in [0.4, 0.5) is 23.0 Å². The summed E-state index contributed by atoms with van der Waals surface area (Å²) < 4.78 is 11.8. The Balaban J connectivity index is 1.24. The number of nitrogen functional groups attached to an aromatic ring is 1. The summed E-state index contributed by atoms with van der Waals surface area (Å²) in [5, 5.41) is 3.30. The van der Waals surface area contributed by atoms with E-state index in [4.69, 9.17) is 15.2 Å². The van der Waals surface area contributed by atoms with E-state index in [1.54, 1.807) is 6.33 Å². The maximum absolute atomic E-state index is 6.44. The number of hydrogen-bond acceptors (Lipinski definition) is 8. The zero-order valence-electron chi connectivity index (χ0n) is 16.9. The Morgan fingerprint density at radius 1 is 1.00 bits per heavy atom. The summed E-state index contributed by atoms with van der Waals surface area (Å²) in [7, 11) is 0. The smallest absolute Gasteiger partial charge is 0.231 e. The molecule has 3 N–H and O–H groups in total. The molecule has 3 heterocycles. The molecular formula is C22H23BrN6O2. The molecule has 2 aliphatic rings. The number of ether oxygens (including phenoxy) is 2. The number of nitrogens with one attached hydrogen (secondary N) is 1. The summed E-state index contributed by atoms with van der Waals surface area (Å²) in [6.07, 6.45) is 1.56. The molecule has 31 heavy (non-hydrogen) atoms. The molecule has 0 bridgehead atoms. The average Bonchev–Trinajstić information content (AvgIpc) is 3.25. The lowest BCUT2D eigenvalue weighted by Gasteiger charge is -2.36. The molecular weight excluding hydrogens is 460 g/mol. The molecule has 3 aromatic rings.